The third-order valence-corrected chi connectivity index (χ3v) is 6.50. The highest BCUT2D eigenvalue weighted by Crippen LogP contribution is 2.37. The number of aromatic nitrogens is 3. The zero-order chi connectivity index (χ0) is 28.8. The van der Waals surface area contributed by atoms with Gasteiger partial charge in [0, 0.05) is 51.4 Å². The molecule has 0 aliphatic carbocycles. The van der Waals surface area contributed by atoms with E-state index in [0.717, 1.165) is 0 Å². The van der Waals surface area contributed by atoms with E-state index in [-0.39, 0.29) is 54.1 Å². The van der Waals surface area contributed by atoms with Crippen molar-refractivity contribution in [3.63, 3.8) is 0 Å². The van der Waals surface area contributed by atoms with Crippen LogP contribution in [0.1, 0.15) is 31.3 Å². The molecule has 0 bridgehead atoms. The summed E-state index contributed by atoms with van der Waals surface area (Å²) in [7, 11) is 1.23. The van der Waals surface area contributed by atoms with Crippen molar-refractivity contribution in [1.29, 1.82) is 0 Å². The number of piperazine rings is 1. The molecule has 1 aromatic carbocycles. The van der Waals surface area contributed by atoms with Gasteiger partial charge in [-0.2, -0.15) is 0 Å². The van der Waals surface area contributed by atoms with Gasteiger partial charge in [-0.3, -0.25) is 29.6 Å². The van der Waals surface area contributed by atoms with E-state index in [1.54, 1.807) is 17.9 Å². The normalized spacial score (nSPS) is 17.6. The van der Waals surface area contributed by atoms with Gasteiger partial charge in [0.1, 0.15) is 18.9 Å². The van der Waals surface area contributed by atoms with Crippen molar-refractivity contribution in [2.24, 2.45) is 4.99 Å². The molecule has 1 unspecified atom stereocenters. The minimum atomic E-state index is -1.10. The van der Waals surface area contributed by atoms with E-state index in [9.17, 15) is 24.5 Å². The Kier molecular flexibility index (Phi) is 8.83. The summed E-state index contributed by atoms with van der Waals surface area (Å²) < 4.78 is 11.3. The molecule has 2 aromatic rings. The quantitative estimate of drug-likeness (QED) is 0.259. The fourth-order valence-corrected chi connectivity index (χ4v) is 4.56. The zero-order valence-corrected chi connectivity index (χ0v) is 22.4. The molecule has 2 aliphatic rings. The maximum absolute atomic E-state index is 13.1. The molecule has 15 heteroatoms. The van der Waals surface area contributed by atoms with Gasteiger partial charge in [0.05, 0.1) is 29.8 Å². The van der Waals surface area contributed by atoms with Gasteiger partial charge in [-0.15, -0.1) is 5.10 Å². The lowest BCUT2D eigenvalue weighted by atomic mass is 9.94. The number of para-hydroxylation sites is 1. The minimum absolute atomic E-state index is 0.0137. The van der Waals surface area contributed by atoms with Crippen LogP contribution in [0.4, 0.5) is 5.69 Å². The van der Waals surface area contributed by atoms with Crippen molar-refractivity contribution in [3.05, 3.63) is 63.4 Å². The number of hydrogen-bond acceptors (Lipinski definition) is 12. The molecule has 15 nitrogen and oxygen atoms in total. The van der Waals surface area contributed by atoms with Crippen LogP contribution in [-0.4, -0.2) is 99.6 Å². The van der Waals surface area contributed by atoms with Crippen LogP contribution in [0.3, 0.4) is 0 Å². The molecule has 212 valence electrons. The number of esters is 2. The van der Waals surface area contributed by atoms with Gasteiger partial charge in [-0.25, -0.2) is 14.5 Å². The summed E-state index contributed by atoms with van der Waals surface area (Å²) in [6.45, 7) is 5.65. The maximum Gasteiger partial charge on any atom is 0.338 e. The number of methoxy groups -OCH3 is 1. The fraction of sp³-hybridized carbons (Fsp3) is 0.440. The van der Waals surface area contributed by atoms with Crippen LogP contribution in [0.15, 0.2) is 46.9 Å². The number of ether oxygens (including phenoxy) is 2. The molecule has 1 atom stereocenters. The lowest BCUT2D eigenvalue weighted by molar-refractivity contribution is -0.385. The number of amides is 1. The maximum atomic E-state index is 13.1. The van der Waals surface area contributed by atoms with E-state index >= 15 is 0 Å². The Hall–Kier alpha value is -4.66. The second-order valence-corrected chi connectivity index (χ2v) is 9.06. The second kappa shape index (κ2) is 12.5. The Morgan fingerprint density at radius 2 is 1.90 bits per heavy atom. The molecule has 3 heterocycles. The van der Waals surface area contributed by atoms with Crippen LogP contribution < -0.4 is 5.32 Å². The number of carbonyl (C=O) groups is 3. The molecule has 1 amide bonds. The number of nitro groups is 1. The van der Waals surface area contributed by atoms with E-state index in [4.69, 9.17) is 9.47 Å². The number of nitro benzene ring substituents is 1. The molecule has 0 spiro atoms. The van der Waals surface area contributed by atoms with Gasteiger partial charge >= 0.3 is 11.9 Å². The molecule has 40 heavy (non-hydrogen) atoms. The van der Waals surface area contributed by atoms with Crippen molar-refractivity contribution in [3.8, 4) is 0 Å². The number of nitrogens with zero attached hydrogens (tertiary/aromatic N) is 7. The van der Waals surface area contributed by atoms with Crippen LogP contribution in [0.5, 0.6) is 0 Å². The Labute approximate surface area is 229 Å². The summed E-state index contributed by atoms with van der Waals surface area (Å²) in [6, 6.07) is 4.93. The number of benzene rings is 1. The number of amidine groups is 1. The molecule has 4 rings (SSSR count). The van der Waals surface area contributed by atoms with Crippen LogP contribution in [0, 0.1) is 10.1 Å². The van der Waals surface area contributed by atoms with Gasteiger partial charge in [-0.1, -0.05) is 12.1 Å². The van der Waals surface area contributed by atoms with E-state index in [2.05, 4.69) is 25.3 Å². The van der Waals surface area contributed by atoms with Crippen LogP contribution in [0.25, 0.3) is 0 Å². The van der Waals surface area contributed by atoms with Crippen LogP contribution >= 0.6 is 0 Å². The minimum Gasteiger partial charge on any atom is -0.466 e. The molecule has 1 aromatic heterocycles. The molecule has 1 fully saturated rings. The van der Waals surface area contributed by atoms with Crippen molar-refractivity contribution in [2.45, 2.75) is 26.4 Å². The van der Waals surface area contributed by atoms with Crippen molar-refractivity contribution in [1.82, 2.24) is 29.9 Å². The first-order valence-electron chi connectivity index (χ1n) is 12.6. The SMILES string of the molecule is CCOC(=O)Cn1cnc(C2=NC(c3ccccc3[N+](=O)[O-])C(C(=O)OC)=C(CN3CCN(C(C)=O)CC3)N2)n1. The summed E-state index contributed by atoms with van der Waals surface area (Å²) in [6.07, 6.45) is 1.34. The first-order valence-corrected chi connectivity index (χ1v) is 12.6. The summed E-state index contributed by atoms with van der Waals surface area (Å²) in [5, 5.41) is 19.4. The Morgan fingerprint density at radius 3 is 2.55 bits per heavy atom. The first-order chi connectivity index (χ1) is 19.2. The largest absolute Gasteiger partial charge is 0.466 e. The molecule has 1 saturated heterocycles. The number of nitrogens with one attached hydrogen (secondary N) is 1. The smallest absolute Gasteiger partial charge is 0.338 e. The molecule has 0 radical (unpaired) electrons. The number of aliphatic imine (C=N–C) groups is 1. The van der Waals surface area contributed by atoms with Gasteiger partial charge in [0.25, 0.3) is 5.69 Å². The average Bonchev–Trinajstić information content (AvgIpc) is 3.41. The van der Waals surface area contributed by atoms with Crippen LogP contribution in [0.2, 0.25) is 0 Å². The van der Waals surface area contributed by atoms with Gasteiger partial charge < -0.3 is 19.7 Å². The topological polar surface area (TPSA) is 174 Å². The number of rotatable bonds is 9. The van der Waals surface area contributed by atoms with Crippen molar-refractivity contribution < 1.29 is 28.8 Å². The molecule has 1 N–H and O–H groups in total. The predicted octanol–water partition coefficient (Wildman–Crippen LogP) is 0.432. The molecular formula is C25H30N8O7. The number of carbonyl (C=O) groups excluding carboxylic acids is 3. The summed E-state index contributed by atoms with van der Waals surface area (Å²) in [4.78, 5) is 60.9. The third-order valence-electron chi connectivity index (χ3n) is 6.50. The van der Waals surface area contributed by atoms with E-state index < -0.39 is 22.9 Å². The highest BCUT2D eigenvalue weighted by Gasteiger charge is 2.37. The first kappa shape index (κ1) is 28.4. The summed E-state index contributed by atoms with van der Waals surface area (Å²) in [5.74, 6) is -0.920. The van der Waals surface area contributed by atoms with Crippen molar-refractivity contribution in [2.75, 3.05) is 46.4 Å². The zero-order valence-electron chi connectivity index (χ0n) is 22.4. The number of hydrogen-bond donors (Lipinski definition) is 1. The lowest BCUT2D eigenvalue weighted by Crippen LogP contribution is -2.50. The summed E-state index contributed by atoms with van der Waals surface area (Å²) in [5.41, 5.74) is 0.504. The van der Waals surface area contributed by atoms with Gasteiger partial charge in [0.15, 0.2) is 5.84 Å². The standard InChI is InChI=1S/C25H30N8O7/c1-4-40-20(35)14-32-15-26-23(29-32)24-27-18(13-30-9-11-31(12-10-30)16(2)34)21(25(36)39-3)22(28-24)17-7-5-6-8-19(17)33(37)38/h5-8,15,22H,4,9-14H2,1-3H3,(H,27,28). The highest BCUT2D eigenvalue weighted by atomic mass is 16.6. The predicted molar refractivity (Wildman–Crippen MR) is 140 cm³/mol. The second-order valence-electron chi connectivity index (χ2n) is 9.06. The van der Waals surface area contributed by atoms with Crippen LogP contribution in [-0.2, 0) is 30.4 Å². The average molecular weight is 555 g/mol. The Balaban J connectivity index is 1.75. The van der Waals surface area contributed by atoms with Gasteiger partial charge in [0.2, 0.25) is 11.7 Å². The van der Waals surface area contributed by atoms with E-state index in [0.29, 0.717) is 31.9 Å². The molecule has 2 aliphatic heterocycles. The monoisotopic (exact) mass is 554 g/mol. The third kappa shape index (κ3) is 6.31. The lowest BCUT2D eigenvalue weighted by Gasteiger charge is -2.36. The summed E-state index contributed by atoms with van der Waals surface area (Å²) >= 11 is 0. The van der Waals surface area contributed by atoms with Crippen molar-refractivity contribution >= 4 is 29.4 Å². The fourth-order valence-electron chi connectivity index (χ4n) is 4.56. The Bertz CT molecular complexity index is 1360. The van der Waals surface area contributed by atoms with E-state index in [1.165, 1.54) is 43.2 Å². The van der Waals surface area contributed by atoms with E-state index in [1.807, 2.05) is 0 Å². The molecular weight excluding hydrogens is 524 g/mol. The highest BCUT2D eigenvalue weighted by molar-refractivity contribution is 6.01. The molecule has 0 saturated carbocycles. The Morgan fingerprint density at radius 1 is 1.18 bits per heavy atom. The van der Waals surface area contributed by atoms with Gasteiger partial charge in [-0.05, 0) is 13.0 Å².